The van der Waals surface area contributed by atoms with E-state index < -0.39 is 0 Å². The fraction of sp³-hybridized carbons (Fsp3) is 0.455. The third-order valence-electron chi connectivity index (χ3n) is 1.91. The topological polar surface area (TPSA) is 12.0 Å². The van der Waals surface area contributed by atoms with Crippen LogP contribution in [-0.4, -0.2) is 13.1 Å². The van der Waals surface area contributed by atoms with Crippen molar-refractivity contribution in [3.05, 3.63) is 36.0 Å². The van der Waals surface area contributed by atoms with Crippen molar-refractivity contribution in [3.8, 4) is 0 Å². The predicted molar refractivity (Wildman–Crippen MR) is 56.3 cm³/mol. The first-order chi connectivity index (χ1) is 5.93. The molecule has 1 heteroatoms. The standard InChI is InChI=1S/C11H17N.H2/c1-2-12-10-9-11-7-5-3-4-6-8-11;/h3-5,7-8,12H,2,6,9-10H2,1H3;1H. The Kier molecular flexibility index (Phi) is 4.47. The van der Waals surface area contributed by atoms with E-state index in [9.17, 15) is 0 Å². The maximum absolute atomic E-state index is 3.32. The van der Waals surface area contributed by atoms with Crippen molar-refractivity contribution in [1.29, 1.82) is 0 Å². The maximum Gasteiger partial charge on any atom is 0 e. The van der Waals surface area contributed by atoms with Crippen molar-refractivity contribution >= 4 is 0 Å². The average Bonchev–Trinajstić information content (AvgIpc) is 2.33. The van der Waals surface area contributed by atoms with Crippen LogP contribution in [0.15, 0.2) is 36.0 Å². The number of hydrogen-bond acceptors (Lipinski definition) is 1. The summed E-state index contributed by atoms with van der Waals surface area (Å²) in [5, 5.41) is 3.32. The normalized spacial score (nSPS) is 15.9. The molecule has 0 saturated heterocycles. The zero-order valence-electron chi connectivity index (χ0n) is 7.72. The van der Waals surface area contributed by atoms with Gasteiger partial charge in [-0.25, -0.2) is 0 Å². The second-order valence-corrected chi connectivity index (χ2v) is 2.91. The molecule has 0 bridgehead atoms. The summed E-state index contributed by atoms with van der Waals surface area (Å²) in [4.78, 5) is 0. The van der Waals surface area contributed by atoms with Gasteiger partial charge in [0.05, 0.1) is 0 Å². The minimum absolute atomic E-state index is 0. The first-order valence-corrected chi connectivity index (χ1v) is 4.66. The van der Waals surface area contributed by atoms with E-state index in [1.54, 1.807) is 0 Å². The summed E-state index contributed by atoms with van der Waals surface area (Å²) in [6.45, 7) is 4.29. The molecular formula is C11H19N. The highest BCUT2D eigenvalue weighted by Crippen LogP contribution is 2.07. The molecule has 0 spiro atoms. The van der Waals surface area contributed by atoms with Gasteiger partial charge in [-0.2, -0.15) is 0 Å². The highest BCUT2D eigenvalue weighted by molar-refractivity contribution is 5.26. The van der Waals surface area contributed by atoms with Crippen LogP contribution in [0.5, 0.6) is 0 Å². The van der Waals surface area contributed by atoms with Crippen LogP contribution in [-0.2, 0) is 0 Å². The molecule has 0 aromatic rings. The van der Waals surface area contributed by atoms with Crippen LogP contribution in [0.4, 0.5) is 0 Å². The Morgan fingerprint density at radius 2 is 2.42 bits per heavy atom. The van der Waals surface area contributed by atoms with E-state index in [1.165, 1.54) is 5.57 Å². The van der Waals surface area contributed by atoms with E-state index in [0.717, 1.165) is 25.9 Å². The maximum atomic E-state index is 3.32. The number of hydrogen-bond donors (Lipinski definition) is 1. The molecule has 0 atom stereocenters. The summed E-state index contributed by atoms with van der Waals surface area (Å²) in [7, 11) is 0. The van der Waals surface area contributed by atoms with Gasteiger partial charge < -0.3 is 5.32 Å². The van der Waals surface area contributed by atoms with Crippen LogP contribution in [0.1, 0.15) is 21.2 Å². The molecule has 1 N–H and O–H groups in total. The summed E-state index contributed by atoms with van der Waals surface area (Å²) in [6.07, 6.45) is 13.1. The number of rotatable bonds is 4. The molecule has 0 fully saturated rings. The van der Waals surface area contributed by atoms with E-state index in [1.807, 2.05) is 0 Å². The molecular weight excluding hydrogens is 146 g/mol. The van der Waals surface area contributed by atoms with Crippen LogP contribution in [0.3, 0.4) is 0 Å². The number of nitrogens with one attached hydrogen (secondary N) is 1. The zero-order chi connectivity index (χ0) is 8.65. The highest BCUT2D eigenvalue weighted by atomic mass is 14.8. The van der Waals surface area contributed by atoms with Crippen molar-refractivity contribution in [2.75, 3.05) is 13.1 Å². The molecule has 0 aromatic carbocycles. The summed E-state index contributed by atoms with van der Waals surface area (Å²) in [5.74, 6) is 0. The van der Waals surface area contributed by atoms with Crippen molar-refractivity contribution < 1.29 is 1.43 Å². The number of allylic oxidation sites excluding steroid dienone is 5. The quantitative estimate of drug-likeness (QED) is 0.631. The fourth-order valence-electron chi connectivity index (χ4n) is 1.22. The molecule has 0 amide bonds. The van der Waals surface area contributed by atoms with Crippen molar-refractivity contribution in [2.24, 2.45) is 0 Å². The fourth-order valence-corrected chi connectivity index (χ4v) is 1.22. The third kappa shape index (κ3) is 3.54. The third-order valence-corrected chi connectivity index (χ3v) is 1.91. The predicted octanol–water partition coefficient (Wildman–Crippen LogP) is 2.67. The van der Waals surface area contributed by atoms with Crippen LogP contribution in [0, 0.1) is 0 Å². The van der Waals surface area contributed by atoms with Gasteiger partial charge in [0.25, 0.3) is 0 Å². The van der Waals surface area contributed by atoms with Gasteiger partial charge in [0.1, 0.15) is 0 Å². The van der Waals surface area contributed by atoms with Crippen LogP contribution >= 0.6 is 0 Å². The molecule has 0 aliphatic heterocycles. The van der Waals surface area contributed by atoms with E-state index in [2.05, 4.69) is 42.6 Å². The second kappa shape index (κ2) is 5.78. The van der Waals surface area contributed by atoms with Gasteiger partial charge in [-0.05, 0) is 25.9 Å². The lowest BCUT2D eigenvalue weighted by molar-refractivity contribution is 0.717. The molecule has 0 unspecified atom stereocenters. The molecule has 1 nitrogen and oxygen atoms in total. The van der Waals surface area contributed by atoms with E-state index in [0.29, 0.717) is 0 Å². The SMILES string of the molecule is CCNCCC1=CCC=CC=C1.[HH]. The Morgan fingerprint density at radius 1 is 1.50 bits per heavy atom. The minimum atomic E-state index is 0. The zero-order valence-corrected chi connectivity index (χ0v) is 7.72. The molecule has 0 radical (unpaired) electrons. The molecule has 1 aliphatic rings. The molecule has 0 heterocycles. The lowest BCUT2D eigenvalue weighted by atomic mass is 10.1. The van der Waals surface area contributed by atoms with Gasteiger partial charge in [0.15, 0.2) is 0 Å². The van der Waals surface area contributed by atoms with Gasteiger partial charge in [0.2, 0.25) is 0 Å². The molecule has 68 valence electrons. The van der Waals surface area contributed by atoms with Gasteiger partial charge in [0, 0.05) is 1.43 Å². The van der Waals surface area contributed by atoms with Gasteiger partial charge in [-0.1, -0.05) is 42.9 Å². The van der Waals surface area contributed by atoms with E-state index in [-0.39, 0.29) is 1.43 Å². The van der Waals surface area contributed by atoms with Crippen LogP contribution in [0.2, 0.25) is 0 Å². The van der Waals surface area contributed by atoms with Crippen molar-refractivity contribution in [3.63, 3.8) is 0 Å². The van der Waals surface area contributed by atoms with Crippen LogP contribution < -0.4 is 5.32 Å². The first-order valence-electron chi connectivity index (χ1n) is 4.66. The van der Waals surface area contributed by atoms with E-state index in [4.69, 9.17) is 0 Å². The first kappa shape index (κ1) is 9.27. The minimum Gasteiger partial charge on any atom is -0.317 e. The van der Waals surface area contributed by atoms with Crippen LogP contribution in [0.25, 0.3) is 0 Å². The van der Waals surface area contributed by atoms with Gasteiger partial charge >= 0.3 is 0 Å². The Bertz CT molecular complexity index is 204. The summed E-state index contributed by atoms with van der Waals surface area (Å²) >= 11 is 0. The lowest BCUT2D eigenvalue weighted by Gasteiger charge is -2.01. The Balaban J connectivity index is 0.00000144. The highest BCUT2D eigenvalue weighted by Gasteiger charge is 1.92. The Labute approximate surface area is 76.3 Å². The monoisotopic (exact) mass is 165 g/mol. The molecule has 12 heavy (non-hydrogen) atoms. The molecule has 0 saturated carbocycles. The average molecular weight is 165 g/mol. The smallest absolute Gasteiger partial charge is 0 e. The summed E-state index contributed by atoms with van der Waals surface area (Å²) in [6, 6.07) is 0. The summed E-state index contributed by atoms with van der Waals surface area (Å²) < 4.78 is 0. The largest absolute Gasteiger partial charge is 0.317 e. The molecule has 1 aliphatic carbocycles. The molecule has 1 rings (SSSR count). The summed E-state index contributed by atoms with van der Waals surface area (Å²) in [5.41, 5.74) is 1.45. The van der Waals surface area contributed by atoms with E-state index >= 15 is 0 Å². The van der Waals surface area contributed by atoms with Gasteiger partial charge in [-0.15, -0.1) is 0 Å². The Morgan fingerprint density at radius 3 is 3.25 bits per heavy atom. The second-order valence-electron chi connectivity index (χ2n) is 2.91. The lowest BCUT2D eigenvalue weighted by Crippen LogP contribution is -2.14. The van der Waals surface area contributed by atoms with Gasteiger partial charge in [-0.3, -0.25) is 0 Å². The van der Waals surface area contributed by atoms with Crippen molar-refractivity contribution in [2.45, 2.75) is 19.8 Å². The van der Waals surface area contributed by atoms with Crippen molar-refractivity contribution in [1.82, 2.24) is 5.32 Å². The Hall–Kier alpha value is -0.820. The molecule has 0 aromatic heterocycles.